The van der Waals surface area contributed by atoms with Crippen molar-refractivity contribution in [3.05, 3.63) is 50.7 Å². The highest BCUT2D eigenvalue weighted by atomic mass is 79.9. The summed E-state index contributed by atoms with van der Waals surface area (Å²) in [6.45, 7) is 4.27. The van der Waals surface area contributed by atoms with Crippen LogP contribution < -0.4 is 5.32 Å². The van der Waals surface area contributed by atoms with Gasteiger partial charge in [-0.05, 0) is 41.9 Å². The van der Waals surface area contributed by atoms with Crippen LogP contribution in [0, 0.1) is 13.8 Å². The molecule has 108 valence electrons. The Bertz CT molecular complexity index is 824. The summed E-state index contributed by atoms with van der Waals surface area (Å²) in [5.41, 5.74) is 2.42. The van der Waals surface area contributed by atoms with Gasteiger partial charge >= 0.3 is 0 Å². The number of hydrogen-bond donors (Lipinski definition) is 1. The molecule has 0 saturated carbocycles. The summed E-state index contributed by atoms with van der Waals surface area (Å²) in [5, 5.41) is 8.29. The molecule has 3 aromatic rings. The van der Waals surface area contributed by atoms with Gasteiger partial charge in [0.1, 0.15) is 5.01 Å². The highest BCUT2D eigenvalue weighted by molar-refractivity contribution is 9.10. The summed E-state index contributed by atoms with van der Waals surface area (Å²) >= 11 is 4.92. The largest absolute Gasteiger partial charge is 0.346 e. The fourth-order valence-corrected chi connectivity index (χ4v) is 3.37. The molecule has 0 radical (unpaired) electrons. The van der Waals surface area contributed by atoms with E-state index >= 15 is 0 Å². The zero-order chi connectivity index (χ0) is 15.0. The minimum absolute atomic E-state index is 0.122. The number of fused-ring (bicyclic) bond motifs is 1. The van der Waals surface area contributed by atoms with Gasteiger partial charge in [-0.1, -0.05) is 23.5 Å². The number of carbonyl (C=O) groups is 1. The molecule has 0 aliphatic carbocycles. The number of aryl methyl sites for hydroxylation is 2. The Morgan fingerprint density at radius 3 is 2.90 bits per heavy atom. The molecule has 0 atom stereocenters. The number of carbonyl (C=O) groups excluding carboxylic acids is 1. The van der Waals surface area contributed by atoms with E-state index in [0.29, 0.717) is 12.1 Å². The first-order chi connectivity index (χ1) is 10.1. The highest BCUT2D eigenvalue weighted by Gasteiger charge is 2.14. The molecule has 2 heterocycles. The van der Waals surface area contributed by atoms with Crippen molar-refractivity contribution in [2.75, 3.05) is 0 Å². The van der Waals surface area contributed by atoms with Crippen molar-refractivity contribution in [2.24, 2.45) is 0 Å². The first-order valence-electron chi connectivity index (χ1n) is 6.40. The predicted molar refractivity (Wildman–Crippen MR) is 85.7 cm³/mol. The van der Waals surface area contributed by atoms with Crippen LogP contribution in [0.15, 0.2) is 28.7 Å². The van der Waals surface area contributed by atoms with Gasteiger partial charge in [0, 0.05) is 4.47 Å². The maximum Gasteiger partial charge on any atom is 0.252 e. The van der Waals surface area contributed by atoms with Gasteiger partial charge in [0.2, 0.25) is 4.96 Å². The van der Waals surface area contributed by atoms with Crippen molar-refractivity contribution in [1.82, 2.24) is 19.9 Å². The molecule has 2 aromatic heterocycles. The lowest BCUT2D eigenvalue weighted by molar-refractivity contribution is 0.0949. The quantitative estimate of drug-likeness (QED) is 0.776. The van der Waals surface area contributed by atoms with Crippen LogP contribution in [0.5, 0.6) is 0 Å². The van der Waals surface area contributed by atoms with Crippen molar-refractivity contribution < 1.29 is 4.79 Å². The van der Waals surface area contributed by atoms with Crippen molar-refractivity contribution in [2.45, 2.75) is 20.4 Å². The van der Waals surface area contributed by atoms with Crippen LogP contribution in [0.2, 0.25) is 0 Å². The third-order valence-corrected chi connectivity index (χ3v) is 4.65. The molecule has 0 fully saturated rings. The summed E-state index contributed by atoms with van der Waals surface area (Å²) < 4.78 is 2.58. The Kier molecular flexibility index (Phi) is 3.77. The summed E-state index contributed by atoms with van der Waals surface area (Å²) in [6, 6.07) is 7.35. The zero-order valence-corrected chi connectivity index (χ0v) is 14.0. The van der Waals surface area contributed by atoms with Crippen LogP contribution >= 0.6 is 27.3 Å². The molecule has 0 bridgehead atoms. The number of amides is 1. The van der Waals surface area contributed by atoms with Crippen LogP contribution in [0.25, 0.3) is 4.96 Å². The summed E-state index contributed by atoms with van der Waals surface area (Å²) in [5.74, 6) is -0.122. The van der Waals surface area contributed by atoms with E-state index in [4.69, 9.17) is 0 Å². The Morgan fingerprint density at radius 2 is 2.14 bits per heavy atom. The maximum atomic E-state index is 12.2. The van der Waals surface area contributed by atoms with E-state index in [9.17, 15) is 4.79 Å². The maximum absolute atomic E-state index is 12.2. The number of imidazole rings is 1. The molecule has 7 heteroatoms. The second-order valence-corrected chi connectivity index (χ2v) is 6.64. The molecule has 1 aromatic carbocycles. The van der Waals surface area contributed by atoms with Crippen molar-refractivity contribution in [3.63, 3.8) is 0 Å². The smallest absolute Gasteiger partial charge is 0.252 e. The Labute approximate surface area is 134 Å². The third kappa shape index (κ3) is 2.71. The Balaban J connectivity index is 1.82. The second-order valence-electron chi connectivity index (χ2n) is 4.62. The lowest BCUT2D eigenvalue weighted by Crippen LogP contribution is -2.24. The van der Waals surface area contributed by atoms with Gasteiger partial charge in [-0.2, -0.15) is 5.10 Å². The summed E-state index contributed by atoms with van der Waals surface area (Å²) in [4.78, 5) is 17.5. The number of hydrogen-bond acceptors (Lipinski definition) is 4. The molecule has 5 nitrogen and oxygen atoms in total. The van der Waals surface area contributed by atoms with Gasteiger partial charge in [0.15, 0.2) is 0 Å². The van der Waals surface area contributed by atoms with E-state index < -0.39 is 0 Å². The summed E-state index contributed by atoms with van der Waals surface area (Å²) in [6.07, 6.45) is 0. The topological polar surface area (TPSA) is 59.3 Å². The number of benzene rings is 1. The standard InChI is InChI=1S/C14H13BrN4OS/c1-8-12(19-14(17-8)21-9(2)18-19)7-16-13(20)10-5-3-4-6-11(10)15/h3-6H,7H2,1-2H3,(H,16,20). The minimum Gasteiger partial charge on any atom is -0.346 e. The molecule has 0 spiro atoms. The van der Waals surface area contributed by atoms with Gasteiger partial charge in [0.25, 0.3) is 5.91 Å². The lowest BCUT2D eigenvalue weighted by Gasteiger charge is -2.06. The van der Waals surface area contributed by atoms with Crippen LogP contribution in [-0.4, -0.2) is 20.5 Å². The van der Waals surface area contributed by atoms with E-state index in [-0.39, 0.29) is 5.91 Å². The highest BCUT2D eigenvalue weighted by Crippen LogP contribution is 2.19. The van der Waals surface area contributed by atoms with E-state index in [1.807, 2.05) is 32.0 Å². The van der Waals surface area contributed by atoms with E-state index in [1.54, 1.807) is 21.9 Å². The molecule has 0 unspecified atom stereocenters. The molecule has 0 saturated heterocycles. The zero-order valence-electron chi connectivity index (χ0n) is 11.6. The van der Waals surface area contributed by atoms with Crippen LogP contribution in [0.4, 0.5) is 0 Å². The van der Waals surface area contributed by atoms with E-state index in [2.05, 4.69) is 31.3 Å². The predicted octanol–water partition coefficient (Wildman–Crippen LogP) is 3.10. The number of aromatic nitrogens is 3. The molecular formula is C14H13BrN4OS. The number of halogens is 1. The molecule has 0 aliphatic rings. The fraction of sp³-hybridized carbons (Fsp3) is 0.214. The van der Waals surface area contributed by atoms with Crippen molar-refractivity contribution in [1.29, 1.82) is 0 Å². The first kappa shape index (κ1) is 14.2. The number of rotatable bonds is 3. The molecule has 0 aliphatic heterocycles. The molecule has 1 amide bonds. The second kappa shape index (κ2) is 5.57. The fourth-order valence-electron chi connectivity index (χ4n) is 2.09. The molecule has 1 N–H and O–H groups in total. The summed E-state index contributed by atoms with van der Waals surface area (Å²) in [7, 11) is 0. The Morgan fingerprint density at radius 1 is 1.38 bits per heavy atom. The molecular weight excluding hydrogens is 352 g/mol. The lowest BCUT2D eigenvalue weighted by atomic mass is 10.2. The first-order valence-corrected chi connectivity index (χ1v) is 8.01. The van der Waals surface area contributed by atoms with Gasteiger partial charge in [-0.3, -0.25) is 4.79 Å². The van der Waals surface area contributed by atoms with E-state index in [0.717, 1.165) is 25.8 Å². The van der Waals surface area contributed by atoms with E-state index in [1.165, 1.54) is 0 Å². The van der Waals surface area contributed by atoms with Gasteiger partial charge in [-0.25, -0.2) is 9.50 Å². The average molecular weight is 365 g/mol. The van der Waals surface area contributed by atoms with Crippen LogP contribution in [-0.2, 0) is 6.54 Å². The van der Waals surface area contributed by atoms with Crippen molar-refractivity contribution >= 4 is 38.1 Å². The van der Waals surface area contributed by atoms with Crippen molar-refractivity contribution in [3.8, 4) is 0 Å². The minimum atomic E-state index is -0.122. The third-order valence-electron chi connectivity index (χ3n) is 3.13. The van der Waals surface area contributed by atoms with Gasteiger partial charge in [0.05, 0.1) is 23.5 Å². The Hall–Kier alpha value is -1.73. The monoisotopic (exact) mass is 364 g/mol. The number of nitrogens with zero attached hydrogens (tertiary/aromatic N) is 3. The number of nitrogens with one attached hydrogen (secondary N) is 1. The SMILES string of the molecule is Cc1nn2c(CNC(=O)c3ccccc3Br)c(C)nc2s1. The average Bonchev–Trinajstić information content (AvgIpc) is 2.92. The normalized spacial score (nSPS) is 11.0. The van der Waals surface area contributed by atoms with Crippen LogP contribution in [0.1, 0.15) is 26.8 Å². The van der Waals surface area contributed by atoms with Crippen LogP contribution in [0.3, 0.4) is 0 Å². The van der Waals surface area contributed by atoms with Gasteiger partial charge < -0.3 is 5.32 Å². The molecule has 3 rings (SSSR count). The van der Waals surface area contributed by atoms with Gasteiger partial charge in [-0.15, -0.1) is 0 Å². The molecule has 21 heavy (non-hydrogen) atoms.